The molecular weight excluding hydrogens is 366 g/mol. The molecule has 1 amide bonds. The summed E-state index contributed by atoms with van der Waals surface area (Å²) in [7, 11) is 1.87. The van der Waals surface area contributed by atoms with E-state index in [1.807, 2.05) is 18.1 Å². The van der Waals surface area contributed by atoms with Crippen molar-refractivity contribution in [2.45, 2.75) is 46.1 Å². The lowest BCUT2D eigenvalue weighted by Crippen LogP contribution is -2.55. The fraction of sp³-hybridized carbons (Fsp3) is 0.762. The highest BCUT2D eigenvalue weighted by atomic mass is 16.2. The van der Waals surface area contributed by atoms with Crippen LogP contribution in [0, 0.1) is 5.92 Å². The molecule has 1 unspecified atom stereocenters. The molecule has 1 aromatic rings. The Labute approximate surface area is 174 Å². The average molecular weight is 404 g/mol. The highest BCUT2D eigenvalue weighted by Gasteiger charge is 2.28. The number of hydrogen-bond donors (Lipinski definition) is 1. The predicted octanol–water partition coefficient (Wildman–Crippen LogP) is 1.54. The van der Waals surface area contributed by atoms with Gasteiger partial charge in [-0.3, -0.25) is 19.4 Å². The molecule has 0 saturated carbocycles. The van der Waals surface area contributed by atoms with Gasteiger partial charge >= 0.3 is 0 Å². The van der Waals surface area contributed by atoms with Crippen molar-refractivity contribution in [3.8, 4) is 0 Å². The van der Waals surface area contributed by atoms with Crippen LogP contribution in [0.4, 0.5) is 5.69 Å². The highest BCUT2D eigenvalue weighted by Crippen LogP contribution is 2.19. The number of aromatic nitrogens is 2. The van der Waals surface area contributed by atoms with E-state index in [-0.39, 0.29) is 5.91 Å². The molecule has 0 aliphatic carbocycles. The Morgan fingerprint density at radius 1 is 1.24 bits per heavy atom. The molecule has 8 nitrogen and oxygen atoms in total. The summed E-state index contributed by atoms with van der Waals surface area (Å²) in [5.74, 6) is 1.61. The van der Waals surface area contributed by atoms with E-state index in [9.17, 15) is 4.79 Å². The normalized spacial score (nSPS) is 20.0. The Morgan fingerprint density at radius 3 is 2.59 bits per heavy atom. The van der Waals surface area contributed by atoms with Crippen LogP contribution in [0.25, 0.3) is 0 Å². The number of carbonyl (C=O) groups is 1. The first-order chi connectivity index (χ1) is 14.0. The molecular formula is C21H37N7O. The van der Waals surface area contributed by atoms with Crippen molar-refractivity contribution in [3.05, 3.63) is 12.4 Å². The van der Waals surface area contributed by atoms with E-state index in [1.165, 1.54) is 25.9 Å². The Balaban J connectivity index is 1.65. The standard InChI is InChI=1S/C21H37N7O/c1-5-22-21(23-13-18(12-17(2)3)26-8-6-7-9-26)27-10-11-28(20(29)16-27)19-14-24-25(4)15-19/h14-15,17-18H,5-13,16H2,1-4H3,(H,22,23). The number of guanidine groups is 1. The third-order valence-electron chi connectivity index (χ3n) is 5.71. The van der Waals surface area contributed by atoms with Gasteiger partial charge in [-0.25, -0.2) is 0 Å². The van der Waals surface area contributed by atoms with Gasteiger partial charge in [0.15, 0.2) is 5.96 Å². The lowest BCUT2D eigenvalue weighted by Gasteiger charge is -2.36. The Bertz CT molecular complexity index is 693. The van der Waals surface area contributed by atoms with Crippen molar-refractivity contribution in [3.63, 3.8) is 0 Å². The number of piperazine rings is 1. The minimum Gasteiger partial charge on any atom is -0.357 e. The lowest BCUT2D eigenvalue weighted by atomic mass is 10.0. The van der Waals surface area contributed by atoms with Crippen LogP contribution >= 0.6 is 0 Å². The summed E-state index contributed by atoms with van der Waals surface area (Å²) in [4.78, 5) is 24.3. The first kappa shape index (κ1) is 21.6. The van der Waals surface area contributed by atoms with Gasteiger partial charge in [0.1, 0.15) is 6.54 Å². The van der Waals surface area contributed by atoms with E-state index in [1.54, 1.807) is 10.9 Å². The molecule has 162 valence electrons. The molecule has 8 heteroatoms. The zero-order valence-electron chi connectivity index (χ0n) is 18.5. The molecule has 0 aromatic carbocycles. The monoisotopic (exact) mass is 403 g/mol. The van der Waals surface area contributed by atoms with Gasteiger partial charge in [0.05, 0.1) is 18.4 Å². The van der Waals surface area contributed by atoms with Crippen molar-refractivity contribution in [2.24, 2.45) is 18.0 Å². The molecule has 2 aliphatic rings. The number of nitrogens with one attached hydrogen (secondary N) is 1. The second kappa shape index (κ2) is 10.1. The molecule has 3 rings (SSSR count). The van der Waals surface area contributed by atoms with Gasteiger partial charge in [-0.05, 0) is 45.2 Å². The summed E-state index contributed by atoms with van der Waals surface area (Å²) < 4.78 is 1.73. The van der Waals surface area contributed by atoms with Crippen LogP contribution in [0.1, 0.15) is 40.0 Å². The molecule has 2 fully saturated rings. The fourth-order valence-corrected chi connectivity index (χ4v) is 4.28. The van der Waals surface area contributed by atoms with E-state index >= 15 is 0 Å². The number of carbonyl (C=O) groups excluding carboxylic acids is 1. The molecule has 1 N–H and O–H groups in total. The third kappa shape index (κ3) is 5.72. The number of rotatable bonds is 7. The second-order valence-corrected chi connectivity index (χ2v) is 8.56. The van der Waals surface area contributed by atoms with Crippen LogP contribution in [0.3, 0.4) is 0 Å². The average Bonchev–Trinajstić information content (AvgIpc) is 3.35. The van der Waals surface area contributed by atoms with Crippen LogP contribution in [0.2, 0.25) is 0 Å². The number of aliphatic imine (C=N–C) groups is 1. The molecule has 1 aromatic heterocycles. The molecule has 2 saturated heterocycles. The maximum atomic E-state index is 12.8. The zero-order chi connectivity index (χ0) is 20.8. The van der Waals surface area contributed by atoms with Crippen LogP contribution in [-0.4, -0.2) is 83.3 Å². The molecule has 2 aliphatic heterocycles. The van der Waals surface area contributed by atoms with Crippen LogP contribution in [0.5, 0.6) is 0 Å². The molecule has 0 bridgehead atoms. The van der Waals surface area contributed by atoms with Crippen LogP contribution in [-0.2, 0) is 11.8 Å². The summed E-state index contributed by atoms with van der Waals surface area (Å²) in [5.41, 5.74) is 0.866. The predicted molar refractivity (Wildman–Crippen MR) is 117 cm³/mol. The van der Waals surface area contributed by atoms with Crippen molar-refractivity contribution < 1.29 is 4.79 Å². The van der Waals surface area contributed by atoms with Crippen molar-refractivity contribution in [2.75, 3.05) is 50.7 Å². The number of nitrogens with zero attached hydrogens (tertiary/aromatic N) is 6. The Morgan fingerprint density at radius 2 is 2.00 bits per heavy atom. The molecule has 3 heterocycles. The van der Waals surface area contributed by atoms with Crippen molar-refractivity contribution in [1.82, 2.24) is 24.9 Å². The molecule has 1 atom stereocenters. The summed E-state index contributed by atoms with van der Waals surface area (Å²) in [6.45, 7) is 12.4. The van der Waals surface area contributed by atoms with Gasteiger partial charge in [0, 0.05) is 38.9 Å². The highest BCUT2D eigenvalue weighted by molar-refractivity contribution is 5.98. The second-order valence-electron chi connectivity index (χ2n) is 8.56. The van der Waals surface area contributed by atoms with Crippen molar-refractivity contribution >= 4 is 17.6 Å². The van der Waals surface area contributed by atoms with E-state index in [4.69, 9.17) is 4.99 Å². The smallest absolute Gasteiger partial charge is 0.246 e. The fourth-order valence-electron chi connectivity index (χ4n) is 4.28. The minimum absolute atomic E-state index is 0.0909. The van der Waals surface area contributed by atoms with Crippen molar-refractivity contribution in [1.29, 1.82) is 0 Å². The lowest BCUT2D eigenvalue weighted by molar-refractivity contribution is -0.120. The number of likely N-dealkylation sites (tertiary alicyclic amines) is 1. The summed E-state index contributed by atoms with van der Waals surface area (Å²) in [6.07, 6.45) is 7.39. The van der Waals surface area contributed by atoms with E-state index in [2.05, 4.69) is 41.0 Å². The summed E-state index contributed by atoms with van der Waals surface area (Å²) in [5, 5.41) is 7.59. The first-order valence-corrected chi connectivity index (χ1v) is 11.0. The van der Waals surface area contributed by atoms with E-state index in [0.717, 1.165) is 37.7 Å². The van der Waals surface area contributed by atoms with Gasteiger partial charge in [-0.1, -0.05) is 13.8 Å². The Hall–Kier alpha value is -2.09. The molecule has 0 spiro atoms. The summed E-state index contributed by atoms with van der Waals surface area (Å²) >= 11 is 0. The first-order valence-electron chi connectivity index (χ1n) is 11.0. The van der Waals surface area contributed by atoms with Crippen LogP contribution in [0.15, 0.2) is 17.4 Å². The Kier molecular flexibility index (Phi) is 7.52. The van der Waals surface area contributed by atoms with Gasteiger partial charge in [-0.2, -0.15) is 5.10 Å². The van der Waals surface area contributed by atoms with E-state index < -0.39 is 0 Å². The number of amides is 1. The molecule has 29 heavy (non-hydrogen) atoms. The minimum atomic E-state index is 0.0909. The molecule has 0 radical (unpaired) electrons. The van der Waals surface area contributed by atoms with Gasteiger partial charge in [-0.15, -0.1) is 0 Å². The topological polar surface area (TPSA) is 69.0 Å². The number of aryl methyl sites for hydroxylation is 1. The number of hydrogen-bond acceptors (Lipinski definition) is 4. The quantitative estimate of drug-likeness (QED) is 0.553. The van der Waals surface area contributed by atoms with Crippen LogP contribution < -0.4 is 10.2 Å². The van der Waals surface area contributed by atoms with Gasteiger partial charge < -0.3 is 15.1 Å². The maximum Gasteiger partial charge on any atom is 0.246 e. The van der Waals surface area contributed by atoms with Gasteiger partial charge in [0.2, 0.25) is 5.91 Å². The largest absolute Gasteiger partial charge is 0.357 e. The maximum absolute atomic E-state index is 12.8. The van der Waals surface area contributed by atoms with Gasteiger partial charge in [0.25, 0.3) is 0 Å². The summed E-state index contributed by atoms with van der Waals surface area (Å²) in [6, 6.07) is 0.485. The number of anilines is 1. The van der Waals surface area contributed by atoms with E-state index in [0.29, 0.717) is 25.0 Å². The third-order valence-corrected chi connectivity index (χ3v) is 5.71. The zero-order valence-corrected chi connectivity index (χ0v) is 18.5. The SMILES string of the molecule is CCNC(=NCC(CC(C)C)N1CCCC1)N1CCN(c2cnn(C)c2)C(=O)C1.